The van der Waals surface area contributed by atoms with Crippen molar-refractivity contribution in [1.82, 2.24) is 0 Å². The molecule has 1 N–H and O–H groups in total. The lowest BCUT2D eigenvalue weighted by atomic mass is 10.1. The van der Waals surface area contributed by atoms with Crippen LogP contribution in [0.1, 0.15) is 71.1 Å². The highest BCUT2D eigenvalue weighted by Crippen LogP contribution is 2.38. The first-order valence-electron chi connectivity index (χ1n) is 12.7. The minimum atomic E-state index is -4.50. The number of phosphoric acid groups is 1. The Bertz CT molecular complexity index is 671. The maximum atomic E-state index is 11.8. The summed E-state index contributed by atoms with van der Waals surface area (Å²) in [6, 6.07) is 0. The molecule has 2 atom stereocenters. The van der Waals surface area contributed by atoms with E-state index in [-0.39, 0.29) is 19.6 Å². The first-order valence-corrected chi connectivity index (χ1v) is 14.2. The maximum Gasteiger partial charge on any atom is 0.305 e. The summed E-state index contributed by atoms with van der Waals surface area (Å²) in [4.78, 5) is 23.5. The molecule has 0 bridgehead atoms. The van der Waals surface area contributed by atoms with E-state index < -0.39 is 26.5 Å². The second-order valence-electron chi connectivity index (χ2n) is 9.53. The van der Waals surface area contributed by atoms with Crippen molar-refractivity contribution >= 4 is 13.8 Å². The van der Waals surface area contributed by atoms with Gasteiger partial charge in [0.15, 0.2) is 0 Å². The Hall–Kier alpha value is -1.28. The predicted octanol–water partition coefficient (Wildman–Crippen LogP) is 4.69. The Morgan fingerprint density at radius 2 is 1.51 bits per heavy atom. The Morgan fingerprint density at radius 1 is 0.914 bits per heavy atom. The molecule has 0 aliphatic heterocycles. The summed E-state index contributed by atoms with van der Waals surface area (Å²) in [7, 11) is 1.23. The van der Waals surface area contributed by atoms with Crippen LogP contribution in [0.25, 0.3) is 0 Å². The first-order chi connectivity index (χ1) is 16.6. The number of carbonyl (C=O) groups is 1. The van der Waals surface area contributed by atoms with E-state index in [9.17, 15) is 19.4 Å². The second kappa shape index (κ2) is 20.9. The number of hydrogen-bond acceptors (Lipinski definition) is 7. The first kappa shape index (κ1) is 33.7. The molecular weight excluding hydrogens is 469 g/mol. The molecule has 0 radical (unpaired) electrons. The molecule has 0 spiro atoms. The molecule has 0 saturated carbocycles. The van der Waals surface area contributed by atoms with Crippen LogP contribution in [0.3, 0.4) is 0 Å². The number of hydrogen-bond donors (Lipinski definition) is 1. The van der Waals surface area contributed by atoms with Gasteiger partial charge < -0.3 is 28.3 Å². The average molecular weight is 518 g/mol. The molecule has 8 nitrogen and oxygen atoms in total. The van der Waals surface area contributed by atoms with E-state index in [4.69, 9.17) is 9.26 Å². The number of phosphoric ester groups is 1. The van der Waals surface area contributed by atoms with Gasteiger partial charge in [0.25, 0.3) is 7.82 Å². The minimum absolute atomic E-state index is 0.0128. The summed E-state index contributed by atoms with van der Waals surface area (Å²) in [5, 5.41) is 9.79. The van der Waals surface area contributed by atoms with Crippen molar-refractivity contribution in [3.8, 4) is 0 Å². The number of quaternary nitrogens is 1. The van der Waals surface area contributed by atoms with Gasteiger partial charge in [0.2, 0.25) is 0 Å². The minimum Gasteiger partial charge on any atom is -0.756 e. The summed E-state index contributed by atoms with van der Waals surface area (Å²) < 4.78 is 26.6. The molecule has 0 amide bonds. The van der Waals surface area contributed by atoms with Crippen molar-refractivity contribution in [2.24, 2.45) is 0 Å². The topological polar surface area (TPSA) is 105 Å². The van der Waals surface area contributed by atoms with Gasteiger partial charge in [-0.3, -0.25) is 9.36 Å². The van der Waals surface area contributed by atoms with Crippen LogP contribution in [0, 0.1) is 0 Å². The maximum absolute atomic E-state index is 11.8. The van der Waals surface area contributed by atoms with Crippen molar-refractivity contribution in [2.45, 2.75) is 77.2 Å². The van der Waals surface area contributed by atoms with Crippen LogP contribution < -0.4 is 4.89 Å². The summed E-state index contributed by atoms with van der Waals surface area (Å²) in [5.41, 5.74) is 0. The molecule has 0 aromatic carbocycles. The molecule has 9 heteroatoms. The van der Waals surface area contributed by atoms with E-state index in [1.165, 1.54) is 0 Å². The van der Waals surface area contributed by atoms with Crippen LogP contribution in [0.2, 0.25) is 0 Å². The van der Waals surface area contributed by atoms with Crippen LogP contribution >= 0.6 is 7.82 Å². The normalized spacial score (nSPS) is 15.3. The Morgan fingerprint density at radius 3 is 2.17 bits per heavy atom. The summed E-state index contributed by atoms with van der Waals surface area (Å²) in [5.74, 6) is -0.408. The lowest BCUT2D eigenvalue weighted by Crippen LogP contribution is -2.37. The van der Waals surface area contributed by atoms with Crippen molar-refractivity contribution in [1.29, 1.82) is 0 Å². The van der Waals surface area contributed by atoms with Crippen LogP contribution in [-0.2, 0) is 23.1 Å². The van der Waals surface area contributed by atoms with Gasteiger partial charge in [-0.05, 0) is 38.5 Å². The zero-order valence-electron chi connectivity index (χ0n) is 22.2. The summed E-state index contributed by atoms with van der Waals surface area (Å²) in [6.45, 7) is 1.78. The molecule has 0 aliphatic rings. The quantitative estimate of drug-likeness (QED) is 0.0730. The number of aliphatic hydroxyl groups is 1. The largest absolute Gasteiger partial charge is 0.756 e. The SMILES string of the molecule is CC/C=C\C/C=C\C/C=C\CCCCCCCC(=O)OC[C@@H](O)COP(=O)([O-])OCC[N+](C)(C)C. The van der Waals surface area contributed by atoms with Crippen LogP contribution in [0.4, 0.5) is 0 Å². The van der Waals surface area contributed by atoms with Gasteiger partial charge in [-0.2, -0.15) is 0 Å². The highest BCUT2D eigenvalue weighted by molar-refractivity contribution is 7.45. The molecule has 0 heterocycles. The number of likely N-dealkylation sites (N-methyl/N-ethyl adjacent to an activating group) is 1. The fraction of sp³-hybridized carbons (Fsp3) is 0.731. The van der Waals surface area contributed by atoms with Gasteiger partial charge in [0.05, 0.1) is 27.7 Å². The molecule has 0 aliphatic carbocycles. The van der Waals surface area contributed by atoms with Gasteiger partial charge in [0.1, 0.15) is 25.9 Å². The third kappa shape index (κ3) is 25.6. The van der Waals surface area contributed by atoms with Gasteiger partial charge in [-0.25, -0.2) is 0 Å². The Balaban J connectivity index is 3.66. The lowest BCUT2D eigenvalue weighted by Gasteiger charge is -2.27. The molecule has 35 heavy (non-hydrogen) atoms. The monoisotopic (exact) mass is 517 g/mol. The number of carbonyl (C=O) groups excluding carboxylic acids is 1. The average Bonchev–Trinajstić information content (AvgIpc) is 2.78. The third-order valence-electron chi connectivity index (χ3n) is 4.90. The van der Waals surface area contributed by atoms with E-state index in [2.05, 4.69) is 47.9 Å². The molecular formula is C26H48NO7P. The van der Waals surface area contributed by atoms with E-state index >= 15 is 0 Å². The third-order valence-corrected chi connectivity index (χ3v) is 5.87. The van der Waals surface area contributed by atoms with Crippen LogP contribution in [-0.4, -0.2) is 69.2 Å². The van der Waals surface area contributed by atoms with Crippen molar-refractivity contribution in [3.63, 3.8) is 0 Å². The van der Waals surface area contributed by atoms with E-state index in [1.54, 1.807) is 0 Å². The molecule has 0 aromatic heterocycles. The van der Waals surface area contributed by atoms with Crippen LogP contribution in [0.15, 0.2) is 36.5 Å². The lowest BCUT2D eigenvalue weighted by molar-refractivity contribution is -0.870. The summed E-state index contributed by atoms with van der Waals surface area (Å²) in [6.07, 6.45) is 21.3. The van der Waals surface area contributed by atoms with Crippen molar-refractivity contribution in [3.05, 3.63) is 36.5 Å². The number of ether oxygens (including phenoxy) is 1. The van der Waals surface area contributed by atoms with Crippen molar-refractivity contribution in [2.75, 3.05) is 47.5 Å². The molecule has 0 fully saturated rings. The van der Waals surface area contributed by atoms with Gasteiger partial charge in [-0.15, -0.1) is 0 Å². The standard InChI is InChI=1S/C26H48NO7P/c1-5-6-7-8-9-10-11-12-13-14-15-16-17-18-19-20-26(29)32-23-25(28)24-34-35(30,31)33-22-21-27(2,3)4/h6-7,9-10,12-13,25,28H,5,8,11,14-24H2,1-4H3/b7-6-,10-9-,13-12-/t25-/m1/s1. The molecule has 0 saturated heterocycles. The fourth-order valence-corrected chi connectivity index (χ4v) is 3.57. The zero-order chi connectivity index (χ0) is 26.4. The van der Waals surface area contributed by atoms with E-state index in [1.807, 2.05) is 21.1 Å². The number of unbranched alkanes of at least 4 members (excludes halogenated alkanes) is 5. The molecule has 0 aromatic rings. The van der Waals surface area contributed by atoms with Crippen molar-refractivity contribution < 1.29 is 37.6 Å². The second-order valence-corrected chi connectivity index (χ2v) is 10.9. The molecule has 0 rings (SSSR count). The number of allylic oxidation sites excluding steroid dienone is 6. The Labute approximate surface area is 212 Å². The highest BCUT2D eigenvalue weighted by atomic mass is 31.2. The number of esters is 1. The molecule has 1 unspecified atom stereocenters. The fourth-order valence-electron chi connectivity index (χ4n) is 2.84. The highest BCUT2D eigenvalue weighted by Gasteiger charge is 2.16. The van der Waals surface area contributed by atoms with E-state index in [0.29, 0.717) is 11.0 Å². The number of aliphatic hydroxyl groups excluding tert-OH is 1. The van der Waals surface area contributed by atoms with Gasteiger partial charge in [-0.1, -0.05) is 62.6 Å². The zero-order valence-corrected chi connectivity index (χ0v) is 23.1. The van der Waals surface area contributed by atoms with E-state index in [0.717, 1.165) is 57.8 Å². The Kier molecular flexibility index (Phi) is 20.1. The van der Waals surface area contributed by atoms with Crippen LogP contribution in [0.5, 0.6) is 0 Å². The van der Waals surface area contributed by atoms with Gasteiger partial charge >= 0.3 is 5.97 Å². The van der Waals surface area contributed by atoms with Gasteiger partial charge in [0, 0.05) is 6.42 Å². The number of rotatable bonds is 22. The predicted molar refractivity (Wildman–Crippen MR) is 139 cm³/mol. The number of nitrogens with zero attached hydrogens (tertiary/aromatic N) is 1. The molecule has 204 valence electrons. The summed E-state index contributed by atoms with van der Waals surface area (Å²) >= 11 is 0. The smallest absolute Gasteiger partial charge is 0.305 e.